The van der Waals surface area contributed by atoms with Gasteiger partial charge in [-0.15, -0.1) is 0 Å². The van der Waals surface area contributed by atoms with E-state index in [9.17, 15) is 18.0 Å². The quantitative estimate of drug-likeness (QED) is 0.685. The molecule has 3 fully saturated rings. The molecule has 1 aromatic heterocycles. The summed E-state index contributed by atoms with van der Waals surface area (Å²) >= 11 is 0. The summed E-state index contributed by atoms with van der Waals surface area (Å²) in [5.41, 5.74) is 0. The maximum Gasteiger partial charge on any atom is 0.246 e. The molecule has 0 radical (unpaired) electrons. The van der Waals surface area contributed by atoms with E-state index >= 15 is 0 Å². The van der Waals surface area contributed by atoms with Crippen LogP contribution >= 0.6 is 0 Å². The molecule has 0 N–H and O–H groups in total. The van der Waals surface area contributed by atoms with E-state index in [0.717, 1.165) is 25.9 Å². The van der Waals surface area contributed by atoms with Crippen LogP contribution in [-0.4, -0.2) is 82.9 Å². The molecule has 27 heavy (non-hydrogen) atoms. The molecule has 3 aliphatic rings. The number of aryl methyl sites for hydroxylation is 1. The smallest absolute Gasteiger partial charge is 0.246 e. The summed E-state index contributed by atoms with van der Waals surface area (Å²) < 4.78 is 28.2. The highest BCUT2D eigenvalue weighted by molar-refractivity contribution is 7.89. The topological polar surface area (TPSA) is 95.8 Å². The number of likely N-dealkylation sites (tertiary alicyclic amines) is 2. The van der Waals surface area contributed by atoms with Gasteiger partial charge in [0.15, 0.2) is 0 Å². The van der Waals surface area contributed by atoms with Crippen molar-refractivity contribution in [3.05, 3.63) is 12.4 Å². The number of hydrogen-bond donors (Lipinski definition) is 0. The van der Waals surface area contributed by atoms with E-state index in [1.807, 2.05) is 11.8 Å². The molecule has 148 valence electrons. The highest BCUT2D eigenvalue weighted by Crippen LogP contribution is 2.30. The average molecular weight is 395 g/mol. The summed E-state index contributed by atoms with van der Waals surface area (Å²) in [5.74, 6) is -0.267. The van der Waals surface area contributed by atoms with E-state index in [1.54, 1.807) is 9.58 Å². The zero-order chi connectivity index (χ0) is 19.2. The third kappa shape index (κ3) is 3.25. The van der Waals surface area contributed by atoms with E-state index in [4.69, 9.17) is 0 Å². The van der Waals surface area contributed by atoms with Crippen molar-refractivity contribution in [3.8, 4) is 0 Å². The SMILES string of the molecule is CCn1cc(S(=O)(=O)N2CC(N3CC(C(=O)N4CCCC4)CC3=O)C2)cn1. The number of hydrogen-bond acceptors (Lipinski definition) is 5. The van der Waals surface area contributed by atoms with Gasteiger partial charge in [0.1, 0.15) is 4.90 Å². The van der Waals surface area contributed by atoms with Crippen molar-refractivity contribution in [1.82, 2.24) is 23.9 Å². The van der Waals surface area contributed by atoms with Gasteiger partial charge in [-0.2, -0.15) is 9.40 Å². The van der Waals surface area contributed by atoms with Gasteiger partial charge in [-0.05, 0) is 19.8 Å². The van der Waals surface area contributed by atoms with Crippen LogP contribution in [0.2, 0.25) is 0 Å². The third-order valence-electron chi connectivity index (χ3n) is 5.77. The van der Waals surface area contributed by atoms with Gasteiger partial charge < -0.3 is 9.80 Å². The van der Waals surface area contributed by atoms with Crippen LogP contribution in [-0.2, 0) is 26.2 Å². The van der Waals surface area contributed by atoms with Crippen LogP contribution in [0.3, 0.4) is 0 Å². The Balaban J connectivity index is 1.36. The fourth-order valence-corrected chi connectivity index (χ4v) is 5.53. The predicted molar refractivity (Wildman–Crippen MR) is 96.1 cm³/mol. The van der Waals surface area contributed by atoms with Gasteiger partial charge in [0.25, 0.3) is 0 Å². The lowest BCUT2D eigenvalue weighted by Gasteiger charge is -2.42. The second-order valence-electron chi connectivity index (χ2n) is 7.49. The number of carbonyl (C=O) groups is 2. The molecule has 1 atom stereocenters. The lowest BCUT2D eigenvalue weighted by Crippen LogP contribution is -2.61. The minimum Gasteiger partial charge on any atom is -0.342 e. The van der Waals surface area contributed by atoms with Gasteiger partial charge in [0.2, 0.25) is 21.8 Å². The minimum absolute atomic E-state index is 0.0478. The molecule has 0 aliphatic carbocycles. The predicted octanol–water partition coefficient (Wildman–Crippen LogP) is -0.253. The number of rotatable bonds is 5. The van der Waals surface area contributed by atoms with E-state index in [2.05, 4.69) is 5.10 Å². The fourth-order valence-electron chi connectivity index (χ4n) is 4.06. The van der Waals surface area contributed by atoms with Gasteiger partial charge in [-0.3, -0.25) is 14.3 Å². The van der Waals surface area contributed by atoms with Crippen LogP contribution in [0.5, 0.6) is 0 Å². The first-order chi connectivity index (χ1) is 12.9. The molecule has 3 saturated heterocycles. The summed E-state index contributed by atoms with van der Waals surface area (Å²) in [4.78, 5) is 28.6. The van der Waals surface area contributed by atoms with Crippen molar-refractivity contribution >= 4 is 21.8 Å². The zero-order valence-corrected chi connectivity index (χ0v) is 16.3. The number of sulfonamides is 1. The van der Waals surface area contributed by atoms with E-state index in [0.29, 0.717) is 13.1 Å². The highest BCUT2D eigenvalue weighted by Gasteiger charge is 2.46. The molecular weight excluding hydrogens is 370 g/mol. The second-order valence-corrected chi connectivity index (χ2v) is 9.43. The minimum atomic E-state index is -3.58. The summed E-state index contributed by atoms with van der Waals surface area (Å²) in [6, 6.07) is -0.148. The molecule has 2 amide bonds. The monoisotopic (exact) mass is 395 g/mol. The van der Waals surface area contributed by atoms with Crippen molar-refractivity contribution in [2.75, 3.05) is 32.7 Å². The van der Waals surface area contributed by atoms with Gasteiger partial charge in [0, 0.05) is 51.9 Å². The Labute approximate surface area is 158 Å². The largest absolute Gasteiger partial charge is 0.342 e. The average Bonchev–Trinajstić information content (AvgIpc) is 3.34. The molecule has 1 unspecified atom stereocenters. The van der Waals surface area contributed by atoms with Crippen LogP contribution in [0.25, 0.3) is 0 Å². The molecule has 0 aromatic carbocycles. The zero-order valence-electron chi connectivity index (χ0n) is 15.5. The Morgan fingerprint density at radius 1 is 1.22 bits per heavy atom. The molecule has 3 aliphatic heterocycles. The molecule has 4 rings (SSSR count). The van der Waals surface area contributed by atoms with E-state index < -0.39 is 10.0 Å². The second kappa shape index (κ2) is 6.90. The van der Waals surface area contributed by atoms with Crippen molar-refractivity contribution < 1.29 is 18.0 Å². The molecule has 4 heterocycles. The Hall–Kier alpha value is -1.94. The van der Waals surface area contributed by atoms with Gasteiger partial charge in [-0.1, -0.05) is 0 Å². The lowest BCUT2D eigenvalue weighted by atomic mass is 10.1. The fraction of sp³-hybridized carbons (Fsp3) is 0.706. The standard InChI is InChI=1S/C17H25N5O4S/c1-2-20-12-15(8-18-20)27(25,26)21-10-14(11-21)22-9-13(7-16(22)23)17(24)19-5-3-4-6-19/h8,12-14H,2-7,9-11H2,1H3. The molecule has 9 nitrogen and oxygen atoms in total. The maximum atomic E-state index is 12.6. The van der Waals surface area contributed by atoms with Crippen molar-refractivity contribution in [1.29, 1.82) is 0 Å². The van der Waals surface area contributed by atoms with Crippen LogP contribution in [0.1, 0.15) is 26.2 Å². The van der Waals surface area contributed by atoms with Gasteiger partial charge in [-0.25, -0.2) is 8.42 Å². The van der Waals surface area contributed by atoms with E-state index in [-0.39, 0.29) is 48.2 Å². The van der Waals surface area contributed by atoms with Crippen LogP contribution in [0.15, 0.2) is 17.3 Å². The summed E-state index contributed by atoms with van der Waals surface area (Å²) in [6.07, 6.45) is 5.18. The Kier molecular flexibility index (Phi) is 4.71. The molecule has 0 saturated carbocycles. The molecule has 1 aromatic rings. The summed E-state index contributed by atoms with van der Waals surface area (Å²) in [5, 5.41) is 4.02. The number of nitrogens with zero attached hydrogens (tertiary/aromatic N) is 5. The van der Waals surface area contributed by atoms with Gasteiger partial charge >= 0.3 is 0 Å². The molecular formula is C17H25N5O4S. The maximum absolute atomic E-state index is 12.6. The number of aromatic nitrogens is 2. The summed E-state index contributed by atoms with van der Waals surface area (Å²) in [7, 11) is -3.58. The first kappa shape index (κ1) is 18.4. The van der Waals surface area contributed by atoms with E-state index in [1.165, 1.54) is 16.7 Å². The van der Waals surface area contributed by atoms with Crippen LogP contribution in [0.4, 0.5) is 0 Å². The first-order valence-corrected chi connectivity index (χ1v) is 10.9. The first-order valence-electron chi connectivity index (χ1n) is 9.51. The van der Waals surface area contributed by atoms with Crippen molar-refractivity contribution in [3.63, 3.8) is 0 Å². The molecule has 10 heteroatoms. The Morgan fingerprint density at radius 3 is 2.56 bits per heavy atom. The van der Waals surface area contributed by atoms with Gasteiger partial charge in [0.05, 0.1) is 18.2 Å². The number of carbonyl (C=O) groups excluding carboxylic acids is 2. The van der Waals surface area contributed by atoms with Crippen LogP contribution < -0.4 is 0 Å². The van der Waals surface area contributed by atoms with Crippen LogP contribution in [0, 0.1) is 5.92 Å². The Bertz CT molecular complexity index is 839. The summed E-state index contributed by atoms with van der Waals surface area (Å²) in [6.45, 7) is 5.01. The van der Waals surface area contributed by atoms with Crippen molar-refractivity contribution in [2.24, 2.45) is 5.92 Å². The molecule has 0 spiro atoms. The highest BCUT2D eigenvalue weighted by atomic mass is 32.2. The third-order valence-corrected chi connectivity index (χ3v) is 7.55. The van der Waals surface area contributed by atoms with Crippen molar-refractivity contribution in [2.45, 2.75) is 43.7 Å². The number of amides is 2. The molecule has 0 bridgehead atoms. The Morgan fingerprint density at radius 2 is 1.93 bits per heavy atom. The lowest BCUT2D eigenvalue weighted by molar-refractivity contribution is -0.135. The normalized spacial score (nSPS) is 24.6.